The van der Waals surface area contributed by atoms with Crippen LogP contribution in [-0.4, -0.2) is 39.6 Å². The van der Waals surface area contributed by atoms with Crippen LogP contribution < -0.4 is 0 Å². The summed E-state index contributed by atoms with van der Waals surface area (Å²) in [6, 6.07) is 25.9. The van der Waals surface area contributed by atoms with Gasteiger partial charge in [-0.3, -0.25) is 19.2 Å². The third-order valence-corrected chi connectivity index (χ3v) is 9.64. The van der Waals surface area contributed by atoms with Crippen LogP contribution in [0.5, 0.6) is 0 Å². The van der Waals surface area contributed by atoms with Crippen molar-refractivity contribution in [3.8, 4) is 0 Å². The molecule has 1 saturated heterocycles. The highest BCUT2D eigenvalue weighted by molar-refractivity contribution is 6.36. The largest absolute Gasteiger partial charge is 0.292 e. The molecule has 0 N–H and O–H groups in total. The summed E-state index contributed by atoms with van der Waals surface area (Å²) in [5, 5.41) is 2.31. The van der Waals surface area contributed by atoms with Gasteiger partial charge in [0.2, 0.25) is 0 Å². The maximum Gasteiger partial charge on any atom is 0.275 e. The number of benzene rings is 4. The van der Waals surface area contributed by atoms with E-state index in [0.29, 0.717) is 10.6 Å². The number of nitrogens with zero attached hydrogens (tertiary/aromatic N) is 2. The molecule has 3 aliphatic carbocycles. The van der Waals surface area contributed by atoms with Gasteiger partial charge >= 0.3 is 0 Å². The number of hydrogen-bond acceptors (Lipinski definition) is 4. The first-order valence-electron chi connectivity index (χ1n) is 14.1. The molecule has 0 radical (unpaired) electrons. The maximum absolute atomic E-state index is 14.5. The minimum Gasteiger partial charge on any atom is -0.292 e. The summed E-state index contributed by atoms with van der Waals surface area (Å²) in [5.74, 6) is -4.32. The van der Waals surface area contributed by atoms with Gasteiger partial charge in [0, 0.05) is 22.4 Å². The number of hydrazine groups is 1. The first-order chi connectivity index (χ1) is 20.7. The Bertz CT molecular complexity index is 1740. The second-order valence-electron chi connectivity index (χ2n) is 11.4. The molecule has 2 bridgehead atoms. The van der Waals surface area contributed by atoms with Gasteiger partial charge < -0.3 is 0 Å². The molecular weight excluding hydrogens is 583 g/mol. The maximum atomic E-state index is 14.5. The van der Waals surface area contributed by atoms with Crippen molar-refractivity contribution < 1.29 is 19.2 Å². The van der Waals surface area contributed by atoms with Crippen LogP contribution in [0.2, 0.25) is 10.0 Å². The molecule has 1 fully saturated rings. The van der Waals surface area contributed by atoms with Gasteiger partial charge in [0.1, 0.15) is 6.04 Å². The van der Waals surface area contributed by atoms with Crippen molar-refractivity contribution in [2.45, 2.75) is 31.7 Å². The lowest BCUT2D eigenvalue weighted by Gasteiger charge is -2.45. The molecule has 8 heteroatoms. The van der Waals surface area contributed by atoms with Crippen LogP contribution in [0.15, 0.2) is 91.0 Å². The fourth-order valence-electron chi connectivity index (χ4n) is 7.17. The van der Waals surface area contributed by atoms with E-state index in [1.807, 2.05) is 55.5 Å². The SMILES string of the molecule is Cc1ccc(C(=O)[C@H](C)N(C(=O)c2ccc(Cl)cc2Cl)N2C(=O)[C@@H]3C4c5ccccc5C(c5ccccc54)[C@@H]3C2=O)cc1. The number of ketones is 1. The molecular formula is C35H26Cl2N2O4. The van der Waals surface area contributed by atoms with Gasteiger partial charge in [-0.1, -0.05) is 102 Å². The molecule has 0 saturated carbocycles. The molecule has 8 rings (SSSR count). The predicted octanol–water partition coefficient (Wildman–Crippen LogP) is 6.82. The van der Waals surface area contributed by atoms with Crippen LogP contribution in [0.3, 0.4) is 0 Å². The highest BCUT2D eigenvalue weighted by Crippen LogP contribution is 2.61. The van der Waals surface area contributed by atoms with Crippen LogP contribution >= 0.6 is 23.2 Å². The molecule has 0 unspecified atom stereocenters. The van der Waals surface area contributed by atoms with Crippen molar-refractivity contribution in [1.29, 1.82) is 0 Å². The molecule has 0 aromatic heterocycles. The van der Waals surface area contributed by atoms with Crippen molar-refractivity contribution >= 4 is 46.7 Å². The van der Waals surface area contributed by atoms with E-state index in [-0.39, 0.29) is 22.4 Å². The van der Waals surface area contributed by atoms with Crippen molar-refractivity contribution in [2.75, 3.05) is 0 Å². The average molecular weight is 610 g/mol. The zero-order valence-electron chi connectivity index (χ0n) is 23.3. The summed E-state index contributed by atoms with van der Waals surface area (Å²) < 4.78 is 0. The van der Waals surface area contributed by atoms with Crippen LogP contribution in [0.4, 0.5) is 0 Å². The Labute approximate surface area is 258 Å². The van der Waals surface area contributed by atoms with E-state index in [1.54, 1.807) is 24.3 Å². The van der Waals surface area contributed by atoms with Gasteiger partial charge in [0.15, 0.2) is 5.78 Å². The number of Topliss-reactive ketones (excluding diaryl/α,β-unsaturated/α-hetero) is 1. The topological polar surface area (TPSA) is 74.8 Å². The Morgan fingerprint density at radius 2 is 1.23 bits per heavy atom. The van der Waals surface area contributed by atoms with E-state index < -0.39 is 41.4 Å². The van der Waals surface area contributed by atoms with Gasteiger partial charge in [-0.2, -0.15) is 5.01 Å². The quantitative estimate of drug-likeness (QED) is 0.184. The zero-order chi connectivity index (χ0) is 30.2. The van der Waals surface area contributed by atoms with Crippen LogP contribution in [0, 0.1) is 18.8 Å². The second kappa shape index (κ2) is 10.2. The third-order valence-electron chi connectivity index (χ3n) is 9.09. The lowest BCUT2D eigenvalue weighted by molar-refractivity contribution is -0.156. The van der Waals surface area contributed by atoms with E-state index >= 15 is 0 Å². The number of amides is 3. The number of carbonyl (C=O) groups excluding carboxylic acids is 4. The number of halogens is 2. The van der Waals surface area contributed by atoms with Gasteiger partial charge in [-0.25, -0.2) is 5.01 Å². The highest BCUT2D eigenvalue weighted by Gasteiger charge is 2.63. The summed E-state index contributed by atoms with van der Waals surface area (Å²) in [6.07, 6.45) is 0. The van der Waals surface area contributed by atoms with Gasteiger partial charge in [0.25, 0.3) is 17.7 Å². The molecule has 0 spiro atoms. The third kappa shape index (κ3) is 4.08. The molecule has 1 heterocycles. The van der Waals surface area contributed by atoms with Crippen molar-refractivity contribution in [2.24, 2.45) is 11.8 Å². The number of carbonyl (C=O) groups is 4. The lowest BCUT2D eigenvalue weighted by Crippen LogP contribution is -2.56. The minimum atomic E-state index is -1.20. The summed E-state index contributed by atoms with van der Waals surface area (Å²) in [6.45, 7) is 3.44. The molecule has 4 aromatic rings. The predicted molar refractivity (Wildman–Crippen MR) is 163 cm³/mol. The fourth-order valence-corrected chi connectivity index (χ4v) is 7.66. The van der Waals surface area contributed by atoms with Gasteiger partial charge in [0.05, 0.1) is 22.4 Å². The van der Waals surface area contributed by atoms with Crippen LogP contribution in [-0.2, 0) is 9.59 Å². The number of rotatable bonds is 5. The monoisotopic (exact) mass is 608 g/mol. The molecule has 1 aliphatic heterocycles. The molecule has 43 heavy (non-hydrogen) atoms. The van der Waals surface area contributed by atoms with Crippen molar-refractivity contribution in [3.63, 3.8) is 0 Å². The smallest absolute Gasteiger partial charge is 0.275 e. The Kier molecular flexibility index (Phi) is 6.53. The summed E-state index contributed by atoms with van der Waals surface area (Å²) in [5.41, 5.74) is 5.40. The molecule has 214 valence electrons. The zero-order valence-corrected chi connectivity index (χ0v) is 24.8. The van der Waals surface area contributed by atoms with Crippen molar-refractivity contribution in [1.82, 2.24) is 10.0 Å². The first kappa shape index (κ1) is 27.6. The van der Waals surface area contributed by atoms with E-state index in [4.69, 9.17) is 23.2 Å². The molecule has 4 aromatic carbocycles. The molecule has 6 nitrogen and oxygen atoms in total. The number of hydrogen-bond donors (Lipinski definition) is 0. The van der Waals surface area contributed by atoms with E-state index in [0.717, 1.165) is 37.8 Å². The summed E-state index contributed by atoms with van der Waals surface area (Å²) >= 11 is 12.6. The molecule has 4 aliphatic rings. The lowest BCUT2D eigenvalue weighted by atomic mass is 9.55. The minimum absolute atomic E-state index is 0.0274. The van der Waals surface area contributed by atoms with Crippen LogP contribution in [0.25, 0.3) is 0 Å². The Morgan fingerprint density at radius 1 is 0.744 bits per heavy atom. The highest BCUT2D eigenvalue weighted by atomic mass is 35.5. The number of aryl methyl sites for hydroxylation is 1. The van der Waals surface area contributed by atoms with Gasteiger partial charge in [-0.15, -0.1) is 0 Å². The van der Waals surface area contributed by atoms with E-state index in [1.165, 1.54) is 25.1 Å². The van der Waals surface area contributed by atoms with E-state index in [9.17, 15) is 19.2 Å². The second-order valence-corrected chi connectivity index (χ2v) is 12.3. The first-order valence-corrected chi connectivity index (χ1v) is 14.9. The Balaban J connectivity index is 1.37. The summed E-state index contributed by atoms with van der Waals surface area (Å²) in [7, 11) is 0. The average Bonchev–Trinajstić information content (AvgIpc) is 3.27. The normalized spacial score (nSPS) is 22.1. The molecule has 3 atom stereocenters. The van der Waals surface area contributed by atoms with Crippen molar-refractivity contribution in [3.05, 3.63) is 140 Å². The van der Waals surface area contributed by atoms with E-state index in [2.05, 4.69) is 0 Å². The standard InChI is InChI=1S/C35H26Cl2N2O4/c1-18-11-13-20(14-12-18)32(40)19(2)38(33(41)26-16-15-21(36)17-27(26)37)39-34(42)30-28-22-7-3-4-8-23(22)29(31(30)35(39)43)25-10-6-5-9-24(25)28/h3-17,19,28-31H,1-2H3/t19-,28?,29?,30-,31+/m0/s1. The fraction of sp³-hybridized carbons (Fsp3) is 0.200. The molecule has 3 amide bonds. The van der Waals surface area contributed by atoms with Gasteiger partial charge in [-0.05, 0) is 54.3 Å². The summed E-state index contributed by atoms with van der Waals surface area (Å²) in [4.78, 5) is 57.2. The Hall–Kier alpha value is -4.26. The van der Waals surface area contributed by atoms with Crippen LogP contribution in [0.1, 0.15) is 67.3 Å². The number of imide groups is 1. The Morgan fingerprint density at radius 3 is 1.70 bits per heavy atom.